The van der Waals surface area contributed by atoms with Crippen LogP contribution in [0.2, 0.25) is 0 Å². The van der Waals surface area contributed by atoms with Gasteiger partial charge in [-0.3, -0.25) is 14.8 Å². The van der Waals surface area contributed by atoms with Gasteiger partial charge in [0.2, 0.25) is 0 Å². The molecule has 3 aromatic rings. The molecule has 0 unspecified atom stereocenters. The first kappa shape index (κ1) is 21.0. The summed E-state index contributed by atoms with van der Waals surface area (Å²) in [5.41, 5.74) is 5.25. The molecule has 4 rings (SSSR count). The van der Waals surface area contributed by atoms with Gasteiger partial charge < -0.3 is 19.5 Å². The fourth-order valence-electron chi connectivity index (χ4n) is 4.27. The summed E-state index contributed by atoms with van der Waals surface area (Å²) in [5.74, 6) is -0.260. The Kier molecular flexibility index (Phi) is 5.99. The number of esters is 1. The van der Waals surface area contributed by atoms with E-state index in [0.29, 0.717) is 11.7 Å². The van der Waals surface area contributed by atoms with Gasteiger partial charge in [0.1, 0.15) is 0 Å². The number of hydrogen-bond acceptors (Lipinski definition) is 5. The highest BCUT2D eigenvalue weighted by Gasteiger charge is 2.41. The number of hydrogen-bond donors (Lipinski definition) is 1. The minimum absolute atomic E-state index is 0.108. The van der Waals surface area contributed by atoms with Gasteiger partial charge in [-0.15, -0.1) is 0 Å². The highest BCUT2D eigenvalue weighted by molar-refractivity contribution is 7.80. The number of thiocarbonyl (C=S) groups is 1. The second-order valence-corrected chi connectivity index (χ2v) is 7.91. The van der Waals surface area contributed by atoms with Crippen LogP contribution >= 0.6 is 12.2 Å². The van der Waals surface area contributed by atoms with Crippen LogP contribution in [-0.2, 0) is 9.53 Å². The lowest BCUT2D eigenvalue weighted by Crippen LogP contribution is -2.32. The Morgan fingerprint density at radius 2 is 2.06 bits per heavy atom. The number of carbonyl (C=O) groups is 1. The maximum Gasteiger partial charge on any atom is 0.307 e. The summed E-state index contributed by atoms with van der Waals surface area (Å²) < 4.78 is 7.04. The molecule has 8 heteroatoms. The normalized spacial score (nSPS) is 18.2. The molecular formula is C23H25N5O2S. The average Bonchev–Trinajstić information content (AvgIpc) is 3.28. The lowest BCUT2D eigenvalue weighted by atomic mass is 9.96. The molecule has 1 aliphatic rings. The van der Waals surface area contributed by atoms with Crippen LogP contribution in [0.5, 0.6) is 0 Å². The number of pyridine rings is 2. The van der Waals surface area contributed by atoms with E-state index in [1.165, 1.54) is 7.11 Å². The zero-order chi connectivity index (χ0) is 22.0. The van der Waals surface area contributed by atoms with Crippen molar-refractivity contribution in [2.75, 3.05) is 13.7 Å². The fraction of sp³-hybridized carbons (Fsp3) is 0.304. The summed E-state index contributed by atoms with van der Waals surface area (Å²) in [5, 5.41) is 4.03. The second-order valence-electron chi connectivity index (χ2n) is 7.52. The van der Waals surface area contributed by atoms with Crippen molar-refractivity contribution in [3.8, 4) is 5.69 Å². The zero-order valence-electron chi connectivity index (χ0n) is 17.8. The molecule has 0 aliphatic carbocycles. The van der Waals surface area contributed by atoms with E-state index in [2.05, 4.69) is 44.7 Å². The van der Waals surface area contributed by atoms with E-state index in [0.717, 1.165) is 28.3 Å². The van der Waals surface area contributed by atoms with Crippen LogP contribution in [0.25, 0.3) is 5.69 Å². The van der Waals surface area contributed by atoms with E-state index in [1.807, 2.05) is 36.5 Å². The first-order chi connectivity index (χ1) is 15.0. The Labute approximate surface area is 187 Å². The van der Waals surface area contributed by atoms with Crippen molar-refractivity contribution >= 4 is 23.3 Å². The Morgan fingerprint density at radius 1 is 1.23 bits per heavy atom. The molecule has 31 heavy (non-hydrogen) atoms. The van der Waals surface area contributed by atoms with E-state index in [9.17, 15) is 4.79 Å². The highest BCUT2D eigenvalue weighted by Crippen LogP contribution is 2.41. The standard InChI is InChI=1S/C23H25N5O2S/c1-15-13-18(16(2)28(15)17-7-6-10-24-14-17)22-21(19-8-4-5-11-25-19)26-23(31)27(22)12-9-20(29)30-3/h4-8,10-11,13-14,21-22H,9,12H2,1-3H3,(H,26,31)/t21-,22-/m0/s1. The molecule has 1 saturated heterocycles. The molecule has 0 saturated carbocycles. The van der Waals surface area contributed by atoms with Crippen LogP contribution in [0, 0.1) is 13.8 Å². The number of carbonyl (C=O) groups excluding carboxylic acids is 1. The molecule has 1 N–H and O–H groups in total. The topological polar surface area (TPSA) is 72.3 Å². The largest absolute Gasteiger partial charge is 0.469 e. The van der Waals surface area contributed by atoms with Crippen molar-refractivity contribution in [2.45, 2.75) is 32.4 Å². The number of nitrogens with zero attached hydrogens (tertiary/aromatic N) is 4. The molecule has 0 radical (unpaired) electrons. The van der Waals surface area contributed by atoms with E-state index in [-0.39, 0.29) is 24.5 Å². The summed E-state index contributed by atoms with van der Waals surface area (Å²) in [6, 6.07) is 11.8. The lowest BCUT2D eigenvalue weighted by Gasteiger charge is -2.28. The molecule has 0 amide bonds. The molecule has 1 aliphatic heterocycles. The van der Waals surface area contributed by atoms with Crippen molar-refractivity contribution in [3.63, 3.8) is 0 Å². The number of nitrogens with one attached hydrogen (secondary N) is 1. The van der Waals surface area contributed by atoms with E-state index in [4.69, 9.17) is 17.0 Å². The lowest BCUT2D eigenvalue weighted by molar-refractivity contribution is -0.140. The maximum absolute atomic E-state index is 11.8. The summed E-state index contributed by atoms with van der Waals surface area (Å²) in [6.07, 6.45) is 5.66. The third-order valence-corrected chi connectivity index (χ3v) is 6.03. The molecule has 0 bridgehead atoms. The molecule has 160 valence electrons. The number of ether oxygens (including phenoxy) is 1. The quantitative estimate of drug-likeness (QED) is 0.470. The summed E-state index contributed by atoms with van der Waals surface area (Å²) in [7, 11) is 1.40. The van der Waals surface area contributed by atoms with Crippen LogP contribution in [0.3, 0.4) is 0 Å². The van der Waals surface area contributed by atoms with Gasteiger partial charge in [-0.2, -0.15) is 0 Å². The number of rotatable bonds is 6. The van der Waals surface area contributed by atoms with E-state index < -0.39 is 0 Å². The van der Waals surface area contributed by atoms with Crippen molar-refractivity contribution in [1.29, 1.82) is 0 Å². The SMILES string of the molecule is COC(=O)CCN1C(=S)N[C@@H](c2ccccn2)[C@@H]1c1cc(C)n(-c2cccnc2)c1C. The van der Waals surface area contributed by atoms with Crippen LogP contribution in [-0.4, -0.2) is 44.2 Å². The Hall–Kier alpha value is -3.26. The van der Waals surface area contributed by atoms with Gasteiger partial charge >= 0.3 is 5.97 Å². The van der Waals surface area contributed by atoms with Crippen LogP contribution in [0.15, 0.2) is 55.0 Å². The van der Waals surface area contributed by atoms with Gasteiger partial charge in [-0.25, -0.2) is 0 Å². The minimum Gasteiger partial charge on any atom is -0.469 e. The monoisotopic (exact) mass is 435 g/mol. The molecule has 1 fully saturated rings. The van der Waals surface area contributed by atoms with Gasteiger partial charge in [0, 0.05) is 30.3 Å². The molecular weight excluding hydrogens is 410 g/mol. The maximum atomic E-state index is 11.8. The van der Waals surface area contributed by atoms with Crippen molar-refractivity contribution in [1.82, 2.24) is 24.8 Å². The Morgan fingerprint density at radius 3 is 2.74 bits per heavy atom. The number of aryl methyl sites for hydroxylation is 1. The van der Waals surface area contributed by atoms with E-state index in [1.54, 1.807) is 12.4 Å². The minimum atomic E-state index is -0.260. The zero-order valence-corrected chi connectivity index (χ0v) is 18.6. The predicted octanol–water partition coefficient (Wildman–Crippen LogP) is 3.42. The first-order valence-corrected chi connectivity index (χ1v) is 10.6. The smallest absolute Gasteiger partial charge is 0.307 e. The van der Waals surface area contributed by atoms with Crippen LogP contribution in [0.1, 0.15) is 41.1 Å². The van der Waals surface area contributed by atoms with Crippen LogP contribution in [0.4, 0.5) is 0 Å². The van der Waals surface area contributed by atoms with Crippen molar-refractivity contribution in [3.05, 3.63) is 77.6 Å². The fourth-order valence-corrected chi connectivity index (χ4v) is 4.60. The Bertz CT molecular complexity index is 1080. The van der Waals surface area contributed by atoms with Crippen molar-refractivity contribution < 1.29 is 9.53 Å². The molecule has 3 aromatic heterocycles. The predicted molar refractivity (Wildman–Crippen MR) is 122 cm³/mol. The summed E-state index contributed by atoms with van der Waals surface area (Å²) >= 11 is 5.68. The van der Waals surface area contributed by atoms with Gasteiger partial charge in [0.05, 0.1) is 43.2 Å². The van der Waals surface area contributed by atoms with Gasteiger partial charge in [0.25, 0.3) is 0 Å². The van der Waals surface area contributed by atoms with Gasteiger partial charge in [-0.1, -0.05) is 6.07 Å². The molecule has 0 spiro atoms. The molecule has 7 nitrogen and oxygen atoms in total. The van der Waals surface area contributed by atoms with Gasteiger partial charge in [-0.05, 0) is 62.0 Å². The third-order valence-electron chi connectivity index (χ3n) is 5.68. The van der Waals surface area contributed by atoms with E-state index >= 15 is 0 Å². The summed E-state index contributed by atoms with van der Waals surface area (Å²) in [4.78, 5) is 22.8. The molecule has 0 aromatic carbocycles. The van der Waals surface area contributed by atoms with Crippen molar-refractivity contribution in [2.24, 2.45) is 0 Å². The van der Waals surface area contributed by atoms with Crippen LogP contribution < -0.4 is 5.32 Å². The first-order valence-electron chi connectivity index (χ1n) is 10.2. The highest BCUT2D eigenvalue weighted by atomic mass is 32.1. The number of methoxy groups -OCH3 is 1. The van der Waals surface area contributed by atoms with Gasteiger partial charge in [0.15, 0.2) is 5.11 Å². The molecule has 2 atom stereocenters. The second kappa shape index (κ2) is 8.85. The molecule has 4 heterocycles. The summed E-state index contributed by atoms with van der Waals surface area (Å²) in [6.45, 7) is 4.65. The third kappa shape index (κ3) is 4.03. The average molecular weight is 436 g/mol. The number of aromatic nitrogens is 3. The Balaban J connectivity index is 1.79.